The average molecular weight is 475 g/mol. The molecule has 10 heteroatoms. The highest BCUT2D eigenvalue weighted by atomic mass is 32.2. The third-order valence-corrected chi connectivity index (χ3v) is 8.11. The molecule has 0 N–H and O–H groups in total. The van der Waals surface area contributed by atoms with Gasteiger partial charge in [-0.2, -0.15) is 4.31 Å². The van der Waals surface area contributed by atoms with Gasteiger partial charge in [0.15, 0.2) is 0 Å². The fraction of sp³-hybridized carbons (Fsp3) is 0.435. The summed E-state index contributed by atoms with van der Waals surface area (Å²) in [4.78, 5) is 27.5. The minimum Gasteiger partial charge on any atom is -0.362 e. The van der Waals surface area contributed by atoms with Gasteiger partial charge in [0.2, 0.25) is 15.9 Å². The molecule has 1 amide bonds. The van der Waals surface area contributed by atoms with Crippen LogP contribution in [0.1, 0.15) is 25.0 Å². The Bertz CT molecular complexity index is 1120. The van der Waals surface area contributed by atoms with Crippen molar-refractivity contribution in [2.24, 2.45) is 0 Å². The zero-order valence-electron chi connectivity index (χ0n) is 19.2. The molecule has 2 aromatic rings. The molecule has 1 saturated heterocycles. The second-order valence-corrected chi connectivity index (χ2v) is 9.91. The van der Waals surface area contributed by atoms with E-state index in [9.17, 15) is 23.3 Å². The number of anilines is 1. The molecule has 3 rings (SSSR count). The van der Waals surface area contributed by atoms with Crippen LogP contribution in [-0.4, -0.2) is 67.7 Å². The Hall–Kier alpha value is -2.98. The molecule has 0 radical (unpaired) electrons. The first-order valence-electron chi connectivity index (χ1n) is 11.0. The Morgan fingerprint density at radius 2 is 1.70 bits per heavy atom. The van der Waals surface area contributed by atoms with Gasteiger partial charge in [-0.15, -0.1) is 0 Å². The van der Waals surface area contributed by atoms with E-state index in [0.29, 0.717) is 38.3 Å². The van der Waals surface area contributed by atoms with Gasteiger partial charge >= 0.3 is 0 Å². The van der Waals surface area contributed by atoms with Gasteiger partial charge in [-0.3, -0.25) is 14.9 Å². The summed E-state index contributed by atoms with van der Waals surface area (Å²) in [6.07, 6.45) is 0.324. The second kappa shape index (κ2) is 10.3. The maximum absolute atomic E-state index is 12.8. The third kappa shape index (κ3) is 5.33. The van der Waals surface area contributed by atoms with Crippen LogP contribution in [0.3, 0.4) is 0 Å². The number of benzene rings is 2. The first kappa shape index (κ1) is 24.7. The molecule has 0 aromatic heterocycles. The smallest absolute Gasteiger partial charge is 0.293 e. The van der Waals surface area contributed by atoms with Gasteiger partial charge in [0, 0.05) is 45.3 Å². The van der Waals surface area contributed by atoms with E-state index in [0.717, 1.165) is 17.2 Å². The highest BCUT2D eigenvalue weighted by Crippen LogP contribution is 2.32. The number of carbonyl (C=O) groups excluding carboxylic acids is 1. The number of nitro benzene ring substituents is 1. The molecular weight excluding hydrogens is 444 g/mol. The highest BCUT2D eigenvalue weighted by molar-refractivity contribution is 7.89. The summed E-state index contributed by atoms with van der Waals surface area (Å²) in [7, 11) is -3.80. The van der Waals surface area contributed by atoms with Crippen LogP contribution in [0.25, 0.3) is 0 Å². The summed E-state index contributed by atoms with van der Waals surface area (Å²) >= 11 is 0. The lowest BCUT2D eigenvalue weighted by atomic mass is 10.1. The number of piperazine rings is 1. The molecule has 1 fully saturated rings. The number of carbonyl (C=O) groups is 1. The lowest BCUT2D eigenvalue weighted by molar-refractivity contribution is -0.384. The van der Waals surface area contributed by atoms with Crippen molar-refractivity contribution < 1.29 is 18.1 Å². The van der Waals surface area contributed by atoms with Crippen molar-refractivity contribution in [3.8, 4) is 0 Å². The topological polar surface area (TPSA) is 104 Å². The van der Waals surface area contributed by atoms with E-state index in [-0.39, 0.29) is 29.6 Å². The number of aryl methyl sites for hydroxylation is 1. The Morgan fingerprint density at radius 3 is 2.27 bits per heavy atom. The standard InChI is InChI=1S/C23H30N4O5S/c1-4-26(5-2)33(31,32)20-10-11-21(22(17-20)27(29)30)24-12-14-25(15-13-24)23(28)16-19-9-7-6-8-18(19)3/h6-11,17H,4-5,12-16H2,1-3H3. The largest absolute Gasteiger partial charge is 0.362 e. The van der Waals surface area contributed by atoms with Crippen LogP contribution >= 0.6 is 0 Å². The molecular formula is C23H30N4O5S. The van der Waals surface area contributed by atoms with Crippen LogP contribution in [0.15, 0.2) is 47.4 Å². The molecule has 9 nitrogen and oxygen atoms in total. The molecule has 178 valence electrons. The number of hydrogen-bond acceptors (Lipinski definition) is 6. The second-order valence-electron chi connectivity index (χ2n) is 7.97. The van der Waals surface area contributed by atoms with Crippen LogP contribution in [0, 0.1) is 17.0 Å². The molecule has 0 spiro atoms. The van der Waals surface area contributed by atoms with Crippen LogP contribution < -0.4 is 4.90 Å². The summed E-state index contributed by atoms with van der Waals surface area (Å²) in [5.41, 5.74) is 2.18. The fourth-order valence-electron chi connectivity index (χ4n) is 4.07. The van der Waals surface area contributed by atoms with Crippen molar-refractivity contribution in [1.29, 1.82) is 0 Å². The van der Waals surface area contributed by atoms with Gasteiger partial charge in [0.1, 0.15) is 5.69 Å². The minimum atomic E-state index is -3.80. The van der Waals surface area contributed by atoms with E-state index in [1.807, 2.05) is 36.1 Å². The lowest BCUT2D eigenvalue weighted by Crippen LogP contribution is -2.49. The predicted molar refractivity (Wildman–Crippen MR) is 127 cm³/mol. The van der Waals surface area contributed by atoms with Crippen molar-refractivity contribution in [1.82, 2.24) is 9.21 Å². The maximum atomic E-state index is 12.8. The zero-order valence-corrected chi connectivity index (χ0v) is 20.0. The van der Waals surface area contributed by atoms with Crippen LogP contribution in [0.5, 0.6) is 0 Å². The van der Waals surface area contributed by atoms with Gasteiger partial charge in [-0.1, -0.05) is 38.1 Å². The van der Waals surface area contributed by atoms with E-state index < -0.39 is 14.9 Å². The Morgan fingerprint density at radius 1 is 1.06 bits per heavy atom. The van der Waals surface area contributed by atoms with Crippen molar-refractivity contribution in [2.45, 2.75) is 32.1 Å². The first-order chi connectivity index (χ1) is 15.7. The van der Waals surface area contributed by atoms with E-state index >= 15 is 0 Å². The summed E-state index contributed by atoms with van der Waals surface area (Å²) in [5, 5.41) is 11.8. The number of nitro groups is 1. The molecule has 1 aliphatic heterocycles. The normalized spacial score (nSPS) is 14.5. The number of rotatable bonds is 8. The SMILES string of the molecule is CCN(CC)S(=O)(=O)c1ccc(N2CCN(C(=O)Cc3ccccc3C)CC2)c([N+](=O)[O-])c1. The van der Waals surface area contributed by atoms with E-state index in [1.54, 1.807) is 18.7 Å². The molecule has 0 aliphatic carbocycles. The molecule has 0 bridgehead atoms. The molecule has 1 aliphatic rings. The maximum Gasteiger partial charge on any atom is 0.293 e. The molecule has 1 heterocycles. The quantitative estimate of drug-likeness (QED) is 0.430. The Labute approximate surface area is 194 Å². The summed E-state index contributed by atoms with van der Waals surface area (Å²) in [6, 6.07) is 11.8. The predicted octanol–water partition coefficient (Wildman–Crippen LogP) is 2.83. The van der Waals surface area contributed by atoms with Crippen LogP contribution in [0.2, 0.25) is 0 Å². The summed E-state index contributed by atoms with van der Waals surface area (Å²) in [6.45, 7) is 7.75. The molecule has 0 atom stereocenters. The number of sulfonamides is 1. The molecule has 2 aromatic carbocycles. The fourth-order valence-corrected chi connectivity index (χ4v) is 5.55. The van der Waals surface area contributed by atoms with E-state index in [1.165, 1.54) is 16.4 Å². The Balaban J connectivity index is 1.75. The van der Waals surface area contributed by atoms with Crippen molar-refractivity contribution in [3.05, 3.63) is 63.7 Å². The number of amides is 1. The number of hydrogen-bond donors (Lipinski definition) is 0. The van der Waals surface area contributed by atoms with Crippen molar-refractivity contribution in [3.63, 3.8) is 0 Å². The van der Waals surface area contributed by atoms with E-state index in [4.69, 9.17) is 0 Å². The zero-order chi connectivity index (χ0) is 24.2. The lowest BCUT2D eigenvalue weighted by Gasteiger charge is -2.36. The van der Waals surface area contributed by atoms with Gasteiger partial charge in [-0.25, -0.2) is 8.42 Å². The first-order valence-corrected chi connectivity index (χ1v) is 12.5. The molecule has 0 unspecified atom stereocenters. The van der Waals surface area contributed by atoms with Gasteiger partial charge < -0.3 is 9.80 Å². The average Bonchev–Trinajstić information content (AvgIpc) is 2.80. The van der Waals surface area contributed by atoms with Crippen molar-refractivity contribution in [2.75, 3.05) is 44.2 Å². The van der Waals surface area contributed by atoms with Gasteiger partial charge in [-0.05, 0) is 30.2 Å². The summed E-state index contributed by atoms with van der Waals surface area (Å²) in [5.74, 6) is 0.0270. The van der Waals surface area contributed by atoms with Gasteiger partial charge in [0.05, 0.1) is 16.2 Å². The number of nitrogens with zero attached hydrogens (tertiary/aromatic N) is 4. The van der Waals surface area contributed by atoms with Crippen molar-refractivity contribution >= 4 is 27.3 Å². The van der Waals surface area contributed by atoms with Crippen LogP contribution in [0.4, 0.5) is 11.4 Å². The third-order valence-electron chi connectivity index (χ3n) is 6.06. The van der Waals surface area contributed by atoms with Gasteiger partial charge in [0.25, 0.3) is 5.69 Å². The molecule has 0 saturated carbocycles. The monoisotopic (exact) mass is 474 g/mol. The van der Waals surface area contributed by atoms with E-state index in [2.05, 4.69) is 0 Å². The van der Waals surface area contributed by atoms with Crippen LogP contribution in [-0.2, 0) is 21.2 Å². The molecule has 33 heavy (non-hydrogen) atoms. The Kier molecular flexibility index (Phi) is 7.70. The minimum absolute atomic E-state index is 0.0270. The summed E-state index contributed by atoms with van der Waals surface area (Å²) < 4.78 is 26.9. The highest BCUT2D eigenvalue weighted by Gasteiger charge is 2.29.